The summed E-state index contributed by atoms with van der Waals surface area (Å²) in [5, 5.41) is 0. The molecule has 118 valence electrons. The second-order valence-corrected chi connectivity index (χ2v) is 5.34. The lowest BCUT2D eigenvalue weighted by molar-refractivity contribution is -0.274. The quantitative estimate of drug-likeness (QED) is 0.861. The van der Waals surface area contributed by atoms with Gasteiger partial charge in [0, 0.05) is 6.04 Å². The van der Waals surface area contributed by atoms with E-state index in [-0.39, 0.29) is 17.9 Å². The maximum absolute atomic E-state index is 12.1. The van der Waals surface area contributed by atoms with E-state index in [1.165, 1.54) is 18.6 Å². The van der Waals surface area contributed by atoms with E-state index in [1.807, 2.05) is 0 Å². The van der Waals surface area contributed by atoms with Crippen LogP contribution >= 0.6 is 0 Å². The number of rotatable bonds is 4. The van der Waals surface area contributed by atoms with E-state index in [2.05, 4.69) is 4.74 Å². The van der Waals surface area contributed by atoms with Gasteiger partial charge in [-0.25, -0.2) is 0 Å². The summed E-state index contributed by atoms with van der Waals surface area (Å²) in [7, 11) is 0. The number of alkyl halides is 3. The standard InChI is InChI=1S/C15H20F3NO2/c16-15(17,18)21-12-8-6-11(7-9-12)10-20-14-5-3-1-2-4-13(14)19/h6-9,13-14H,1-5,10,19H2. The highest BCUT2D eigenvalue weighted by molar-refractivity contribution is 5.27. The number of hydrogen-bond donors (Lipinski definition) is 1. The van der Waals surface area contributed by atoms with E-state index >= 15 is 0 Å². The minimum absolute atomic E-state index is 0.0265. The third-order valence-electron chi connectivity index (χ3n) is 3.62. The van der Waals surface area contributed by atoms with E-state index in [0.29, 0.717) is 6.61 Å². The molecular weight excluding hydrogens is 283 g/mol. The number of ether oxygens (including phenoxy) is 2. The van der Waals surface area contributed by atoms with Crippen molar-refractivity contribution in [3.63, 3.8) is 0 Å². The van der Waals surface area contributed by atoms with Crippen LogP contribution in [0.4, 0.5) is 13.2 Å². The van der Waals surface area contributed by atoms with Crippen molar-refractivity contribution >= 4 is 0 Å². The highest BCUT2D eigenvalue weighted by atomic mass is 19.4. The molecule has 2 N–H and O–H groups in total. The Kier molecular flexibility index (Phi) is 5.47. The summed E-state index contributed by atoms with van der Waals surface area (Å²) in [5.74, 6) is -0.225. The first-order chi connectivity index (χ1) is 9.94. The Hall–Kier alpha value is -1.27. The molecule has 3 nitrogen and oxygen atoms in total. The molecule has 1 aromatic rings. The summed E-state index contributed by atoms with van der Waals surface area (Å²) in [4.78, 5) is 0. The summed E-state index contributed by atoms with van der Waals surface area (Å²) in [6.07, 6.45) is 0.682. The van der Waals surface area contributed by atoms with Crippen molar-refractivity contribution in [3.8, 4) is 5.75 Å². The predicted molar refractivity (Wildman–Crippen MR) is 72.8 cm³/mol. The van der Waals surface area contributed by atoms with Gasteiger partial charge in [0.05, 0.1) is 12.7 Å². The van der Waals surface area contributed by atoms with Crippen molar-refractivity contribution in [3.05, 3.63) is 29.8 Å². The zero-order chi connectivity index (χ0) is 15.3. The molecule has 1 saturated carbocycles. The van der Waals surface area contributed by atoms with Gasteiger partial charge in [-0.1, -0.05) is 31.4 Å². The van der Waals surface area contributed by atoms with Crippen LogP contribution in [0.3, 0.4) is 0 Å². The highest BCUT2D eigenvalue weighted by Crippen LogP contribution is 2.24. The van der Waals surface area contributed by atoms with Gasteiger partial charge >= 0.3 is 6.36 Å². The zero-order valence-corrected chi connectivity index (χ0v) is 11.7. The Morgan fingerprint density at radius 1 is 1.05 bits per heavy atom. The van der Waals surface area contributed by atoms with Crippen molar-refractivity contribution in [2.45, 2.75) is 57.2 Å². The van der Waals surface area contributed by atoms with Crippen LogP contribution in [0.1, 0.15) is 37.7 Å². The third-order valence-corrected chi connectivity index (χ3v) is 3.62. The van der Waals surface area contributed by atoms with Crippen molar-refractivity contribution in [1.29, 1.82) is 0 Å². The monoisotopic (exact) mass is 303 g/mol. The number of hydrogen-bond acceptors (Lipinski definition) is 3. The van der Waals surface area contributed by atoms with Crippen molar-refractivity contribution in [1.82, 2.24) is 0 Å². The van der Waals surface area contributed by atoms with Gasteiger partial charge in [0.25, 0.3) is 0 Å². The van der Waals surface area contributed by atoms with Gasteiger partial charge in [-0.2, -0.15) is 0 Å². The van der Waals surface area contributed by atoms with Gasteiger partial charge in [-0.3, -0.25) is 0 Å². The first-order valence-corrected chi connectivity index (χ1v) is 7.16. The Balaban J connectivity index is 1.85. The second-order valence-electron chi connectivity index (χ2n) is 5.34. The van der Waals surface area contributed by atoms with Gasteiger partial charge in [0.1, 0.15) is 5.75 Å². The van der Waals surface area contributed by atoms with E-state index in [4.69, 9.17) is 10.5 Å². The SMILES string of the molecule is NC1CCCCCC1OCc1ccc(OC(F)(F)F)cc1. The molecule has 0 radical (unpaired) electrons. The van der Waals surface area contributed by atoms with Crippen LogP contribution in [0.5, 0.6) is 5.75 Å². The van der Waals surface area contributed by atoms with Gasteiger partial charge in [-0.15, -0.1) is 13.2 Å². The smallest absolute Gasteiger partial charge is 0.406 e. The largest absolute Gasteiger partial charge is 0.573 e. The van der Waals surface area contributed by atoms with Gasteiger partial charge in [0.15, 0.2) is 0 Å². The van der Waals surface area contributed by atoms with Crippen LogP contribution in [0.25, 0.3) is 0 Å². The average Bonchev–Trinajstić information content (AvgIpc) is 2.61. The second kappa shape index (κ2) is 7.13. The maximum Gasteiger partial charge on any atom is 0.573 e. The molecule has 0 aromatic heterocycles. The fraction of sp³-hybridized carbons (Fsp3) is 0.600. The first-order valence-electron chi connectivity index (χ1n) is 7.16. The molecule has 1 fully saturated rings. The zero-order valence-electron chi connectivity index (χ0n) is 11.7. The molecular formula is C15H20F3NO2. The van der Waals surface area contributed by atoms with Gasteiger partial charge in [0.2, 0.25) is 0 Å². The number of benzene rings is 1. The normalized spacial score (nSPS) is 23.6. The van der Waals surface area contributed by atoms with E-state index in [9.17, 15) is 13.2 Å². The number of nitrogens with two attached hydrogens (primary N) is 1. The van der Waals surface area contributed by atoms with E-state index < -0.39 is 6.36 Å². The summed E-state index contributed by atoms with van der Waals surface area (Å²) in [5.41, 5.74) is 6.87. The van der Waals surface area contributed by atoms with Crippen molar-refractivity contribution < 1.29 is 22.6 Å². The van der Waals surface area contributed by atoms with E-state index in [1.54, 1.807) is 12.1 Å². The molecule has 2 rings (SSSR count). The topological polar surface area (TPSA) is 44.5 Å². The Morgan fingerprint density at radius 3 is 2.38 bits per heavy atom. The molecule has 1 aliphatic carbocycles. The van der Waals surface area contributed by atoms with Crippen molar-refractivity contribution in [2.75, 3.05) is 0 Å². The maximum atomic E-state index is 12.1. The molecule has 0 bridgehead atoms. The Labute approximate surface area is 122 Å². The minimum Gasteiger partial charge on any atom is -0.406 e. The molecule has 0 heterocycles. The molecule has 2 atom stereocenters. The van der Waals surface area contributed by atoms with Gasteiger partial charge < -0.3 is 15.2 Å². The van der Waals surface area contributed by atoms with Crippen LogP contribution in [0.15, 0.2) is 24.3 Å². The van der Waals surface area contributed by atoms with Crippen LogP contribution in [-0.2, 0) is 11.3 Å². The Bertz CT molecular complexity index is 434. The lowest BCUT2D eigenvalue weighted by Crippen LogP contribution is -2.35. The van der Waals surface area contributed by atoms with Crippen LogP contribution in [0.2, 0.25) is 0 Å². The third kappa shape index (κ3) is 5.55. The lowest BCUT2D eigenvalue weighted by Gasteiger charge is -2.22. The van der Waals surface area contributed by atoms with Crippen LogP contribution < -0.4 is 10.5 Å². The molecule has 1 aliphatic rings. The molecule has 0 saturated heterocycles. The summed E-state index contributed by atoms with van der Waals surface area (Å²) >= 11 is 0. The molecule has 1 aromatic carbocycles. The van der Waals surface area contributed by atoms with Crippen molar-refractivity contribution in [2.24, 2.45) is 5.73 Å². The Morgan fingerprint density at radius 2 is 1.71 bits per heavy atom. The molecule has 0 amide bonds. The predicted octanol–water partition coefficient (Wildman–Crippen LogP) is 3.76. The first kappa shape index (κ1) is 16.1. The average molecular weight is 303 g/mol. The molecule has 6 heteroatoms. The highest BCUT2D eigenvalue weighted by Gasteiger charge is 2.31. The molecule has 21 heavy (non-hydrogen) atoms. The van der Waals surface area contributed by atoms with Crippen LogP contribution in [0, 0.1) is 0 Å². The lowest BCUT2D eigenvalue weighted by atomic mass is 10.1. The molecule has 0 aliphatic heterocycles. The fourth-order valence-electron chi connectivity index (χ4n) is 2.50. The summed E-state index contributed by atoms with van der Waals surface area (Å²) in [6, 6.07) is 5.77. The molecule has 0 spiro atoms. The van der Waals surface area contributed by atoms with Gasteiger partial charge in [-0.05, 0) is 30.5 Å². The molecule has 2 unspecified atom stereocenters. The summed E-state index contributed by atoms with van der Waals surface area (Å²) in [6.45, 7) is 0.352. The van der Waals surface area contributed by atoms with E-state index in [0.717, 1.165) is 31.2 Å². The summed E-state index contributed by atoms with van der Waals surface area (Å²) < 4.78 is 45.8. The number of halogens is 3. The van der Waals surface area contributed by atoms with Crippen LogP contribution in [-0.4, -0.2) is 18.5 Å². The minimum atomic E-state index is -4.66. The fourth-order valence-corrected chi connectivity index (χ4v) is 2.50.